The van der Waals surface area contributed by atoms with Gasteiger partial charge in [-0.25, -0.2) is 0 Å². The molecule has 0 aromatic carbocycles. The van der Waals surface area contributed by atoms with E-state index in [-0.39, 0.29) is 0 Å². The lowest BCUT2D eigenvalue weighted by Gasteiger charge is -2.22. The lowest BCUT2D eigenvalue weighted by Crippen LogP contribution is -2.32. The Morgan fingerprint density at radius 3 is 2.14 bits per heavy atom. The Balaban J connectivity index is 2.40. The van der Waals surface area contributed by atoms with Gasteiger partial charge in [0.15, 0.2) is 8.32 Å². The first-order chi connectivity index (χ1) is 6.31. The quantitative estimate of drug-likeness (QED) is 0.662. The zero-order valence-electron chi connectivity index (χ0n) is 10.3. The molecule has 0 spiro atoms. The maximum atomic E-state index is 5.89. The molecule has 0 N–H and O–H groups in total. The van der Waals surface area contributed by atoms with E-state index in [9.17, 15) is 0 Å². The van der Waals surface area contributed by atoms with Crippen molar-refractivity contribution in [1.82, 2.24) is 0 Å². The van der Waals surface area contributed by atoms with Crippen LogP contribution in [0.25, 0.3) is 0 Å². The molecular weight excluding hydrogens is 191 g/mol. The Hall–Kier alpha value is 0.202. The Bertz CT molecular complexity index is 193. The third-order valence-corrected chi connectivity index (χ3v) is 4.26. The van der Waals surface area contributed by atoms with Gasteiger partial charge in [0, 0.05) is 6.00 Å². The minimum absolute atomic E-state index is 0.312. The molecule has 1 saturated heterocycles. The first-order valence-electron chi connectivity index (χ1n) is 5.60. The Kier molecular flexibility index (Phi) is 3.83. The van der Waals surface area contributed by atoms with Crippen molar-refractivity contribution < 1.29 is 9.16 Å². The predicted octanol–water partition coefficient (Wildman–Crippen LogP) is 1.47. The third-order valence-electron chi connectivity index (χ3n) is 3.23. The van der Waals surface area contributed by atoms with Crippen molar-refractivity contribution in [2.24, 2.45) is 11.8 Å². The van der Waals surface area contributed by atoms with E-state index >= 15 is 0 Å². The molecule has 1 rings (SSSR count). The van der Waals surface area contributed by atoms with Gasteiger partial charge in [0.05, 0.1) is 12.7 Å². The predicted molar refractivity (Wildman–Crippen MR) is 64.8 cm³/mol. The van der Waals surface area contributed by atoms with Crippen LogP contribution in [-0.4, -0.2) is 34.9 Å². The summed E-state index contributed by atoms with van der Waals surface area (Å²) in [6.45, 7) is 12.0. The average Bonchev–Trinajstić information content (AvgIpc) is 2.28. The van der Waals surface area contributed by atoms with Gasteiger partial charge in [-0.2, -0.15) is 0 Å². The van der Waals surface area contributed by atoms with Crippen molar-refractivity contribution >= 4 is 16.2 Å². The maximum absolute atomic E-state index is 5.89. The van der Waals surface area contributed by atoms with Gasteiger partial charge in [-0.1, -0.05) is 13.8 Å². The van der Waals surface area contributed by atoms with Crippen LogP contribution in [0, 0.1) is 11.8 Å². The molecule has 0 aliphatic carbocycles. The second-order valence-corrected chi connectivity index (χ2v) is 10.0. The van der Waals surface area contributed by atoms with E-state index in [4.69, 9.17) is 9.16 Å². The molecule has 4 unspecified atom stereocenters. The van der Waals surface area contributed by atoms with E-state index in [1.165, 1.54) is 0 Å². The highest BCUT2D eigenvalue weighted by Crippen LogP contribution is 2.31. The van der Waals surface area contributed by atoms with Crippen molar-refractivity contribution in [3.8, 4) is 0 Å². The molecule has 0 aromatic rings. The summed E-state index contributed by atoms with van der Waals surface area (Å²) < 4.78 is 11.8. The molecule has 0 amide bonds. The highest BCUT2D eigenvalue weighted by molar-refractivity contribution is 6.69. The smallest absolute Gasteiger partial charge is 0.183 e. The van der Waals surface area contributed by atoms with E-state index in [1.54, 1.807) is 0 Å². The number of ether oxygens (including phenoxy) is 1. The Morgan fingerprint density at radius 1 is 1.21 bits per heavy atom. The molecule has 4 atom stereocenters. The lowest BCUT2D eigenvalue weighted by atomic mass is 9.82. The van der Waals surface area contributed by atoms with Crippen LogP contribution >= 0.6 is 0 Å². The van der Waals surface area contributed by atoms with Gasteiger partial charge in [-0.15, -0.1) is 0 Å². The van der Waals surface area contributed by atoms with Crippen molar-refractivity contribution in [2.45, 2.75) is 45.6 Å². The second-order valence-electron chi connectivity index (χ2n) is 5.52. The third kappa shape index (κ3) is 3.11. The van der Waals surface area contributed by atoms with Gasteiger partial charge in [0.1, 0.15) is 7.85 Å². The minimum atomic E-state index is -1.38. The number of rotatable bonds is 3. The molecule has 1 fully saturated rings. The summed E-state index contributed by atoms with van der Waals surface area (Å²) in [6.07, 6.45) is 0.312. The summed E-state index contributed by atoms with van der Waals surface area (Å²) >= 11 is 0. The molecule has 14 heavy (non-hydrogen) atoms. The summed E-state index contributed by atoms with van der Waals surface area (Å²) in [7, 11) is 0.784. The van der Waals surface area contributed by atoms with E-state index in [0.29, 0.717) is 23.9 Å². The standard InChI is InChI=1S/C10H23BO2Si/c1-7-8(2)10(11)13-9(7)6-12-14(3,4)5/h7-10H,6,11H2,1-5H3. The van der Waals surface area contributed by atoms with Crippen LogP contribution in [0.15, 0.2) is 0 Å². The van der Waals surface area contributed by atoms with Gasteiger partial charge < -0.3 is 9.16 Å². The van der Waals surface area contributed by atoms with Crippen LogP contribution in [0.4, 0.5) is 0 Å². The summed E-state index contributed by atoms with van der Waals surface area (Å²) in [5, 5.41) is 0. The molecule has 4 heteroatoms. The SMILES string of the molecule is BC1OC(CO[Si](C)(C)C)C(C)C1C. The van der Waals surface area contributed by atoms with E-state index in [0.717, 1.165) is 6.61 Å². The van der Waals surface area contributed by atoms with Crippen LogP contribution in [0.2, 0.25) is 19.6 Å². The van der Waals surface area contributed by atoms with E-state index < -0.39 is 8.32 Å². The fourth-order valence-electron chi connectivity index (χ4n) is 1.81. The molecule has 1 aliphatic rings. The van der Waals surface area contributed by atoms with Crippen molar-refractivity contribution in [1.29, 1.82) is 0 Å². The number of hydrogen-bond acceptors (Lipinski definition) is 2. The van der Waals surface area contributed by atoms with Gasteiger partial charge in [0.25, 0.3) is 0 Å². The molecule has 1 aliphatic heterocycles. The molecular formula is C10H23BO2Si. The highest BCUT2D eigenvalue weighted by atomic mass is 28.4. The molecule has 82 valence electrons. The first kappa shape index (κ1) is 12.3. The first-order valence-corrected chi connectivity index (χ1v) is 9.01. The summed E-state index contributed by atoms with van der Waals surface area (Å²) in [4.78, 5) is 0. The van der Waals surface area contributed by atoms with Crippen molar-refractivity contribution in [3.05, 3.63) is 0 Å². The lowest BCUT2D eigenvalue weighted by molar-refractivity contribution is 0.0341. The second kappa shape index (κ2) is 4.37. The largest absolute Gasteiger partial charge is 0.415 e. The minimum Gasteiger partial charge on any atom is -0.415 e. The zero-order valence-corrected chi connectivity index (χ0v) is 11.3. The molecule has 0 aromatic heterocycles. The molecule has 0 radical (unpaired) electrons. The van der Waals surface area contributed by atoms with E-state index in [2.05, 4.69) is 41.3 Å². The summed E-state index contributed by atoms with van der Waals surface area (Å²) in [6, 6.07) is 0.389. The maximum Gasteiger partial charge on any atom is 0.183 e. The number of hydrogen-bond donors (Lipinski definition) is 0. The Labute approximate surface area is 89.9 Å². The molecule has 2 nitrogen and oxygen atoms in total. The van der Waals surface area contributed by atoms with Crippen LogP contribution in [-0.2, 0) is 9.16 Å². The van der Waals surface area contributed by atoms with Gasteiger partial charge in [-0.05, 0) is 31.5 Å². The molecule has 1 heterocycles. The van der Waals surface area contributed by atoms with Crippen LogP contribution in [0.5, 0.6) is 0 Å². The summed E-state index contributed by atoms with van der Waals surface area (Å²) in [5.41, 5.74) is 0. The van der Waals surface area contributed by atoms with Crippen molar-refractivity contribution in [3.63, 3.8) is 0 Å². The van der Waals surface area contributed by atoms with Crippen molar-refractivity contribution in [2.75, 3.05) is 6.61 Å². The van der Waals surface area contributed by atoms with Gasteiger partial charge in [0.2, 0.25) is 0 Å². The van der Waals surface area contributed by atoms with Crippen LogP contribution in [0.1, 0.15) is 13.8 Å². The monoisotopic (exact) mass is 214 g/mol. The fraction of sp³-hybridized carbons (Fsp3) is 1.00. The zero-order chi connectivity index (χ0) is 10.9. The van der Waals surface area contributed by atoms with Crippen LogP contribution in [0.3, 0.4) is 0 Å². The van der Waals surface area contributed by atoms with Gasteiger partial charge >= 0.3 is 0 Å². The van der Waals surface area contributed by atoms with Gasteiger partial charge in [-0.3, -0.25) is 0 Å². The average molecular weight is 214 g/mol. The topological polar surface area (TPSA) is 18.5 Å². The summed E-state index contributed by atoms with van der Waals surface area (Å²) in [5.74, 6) is 1.28. The molecule has 0 saturated carbocycles. The van der Waals surface area contributed by atoms with Crippen LogP contribution < -0.4 is 0 Å². The fourth-order valence-corrected chi connectivity index (χ4v) is 2.48. The highest BCUT2D eigenvalue weighted by Gasteiger charge is 2.36. The van der Waals surface area contributed by atoms with E-state index in [1.807, 2.05) is 0 Å². The Morgan fingerprint density at radius 2 is 1.79 bits per heavy atom. The molecule has 0 bridgehead atoms. The normalized spacial score (nSPS) is 38.9.